The third kappa shape index (κ3) is 1.12. The highest BCUT2D eigenvalue weighted by atomic mass is 16.7. The minimum atomic E-state index is 0.0295. The van der Waals surface area contributed by atoms with Crippen molar-refractivity contribution >= 4 is 5.91 Å². The van der Waals surface area contributed by atoms with Crippen LogP contribution in [0, 0.1) is 5.92 Å². The van der Waals surface area contributed by atoms with Gasteiger partial charge >= 0.3 is 0 Å². The largest absolute Gasteiger partial charge is 0.328 e. The Morgan fingerprint density at radius 3 is 3.18 bits per heavy atom. The van der Waals surface area contributed by atoms with E-state index in [4.69, 9.17) is 10.6 Å². The fourth-order valence-corrected chi connectivity index (χ4v) is 1.80. The van der Waals surface area contributed by atoms with E-state index < -0.39 is 0 Å². The van der Waals surface area contributed by atoms with Crippen LogP contribution in [-0.2, 0) is 9.63 Å². The van der Waals surface area contributed by atoms with E-state index in [0.29, 0.717) is 0 Å². The highest BCUT2D eigenvalue weighted by Crippen LogP contribution is 2.29. The SMILES string of the molecule is NC1CCC2C(=O)NOC2C1. The third-order valence-electron chi connectivity index (χ3n) is 2.48. The minimum absolute atomic E-state index is 0.0295. The van der Waals surface area contributed by atoms with Crippen molar-refractivity contribution in [2.24, 2.45) is 11.7 Å². The smallest absolute Gasteiger partial charge is 0.249 e. The fourth-order valence-electron chi connectivity index (χ4n) is 1.80. The Hall–Kier alpha value is -0.610. The first-order valence-electron chi connectivity index (χ1n) is 3.98. The van der Waals surface area contributed by atoms with E-state index >= 15 is 0 Å². The number of hydrogen-bond donors (Lipinski definition) is 2. The van der Waals surface area contributed by atoms with Gasteiger partial charge < -0.3 is 5.73 Å². The van der Waals surface area contributed by atoms with E-state index in [1.807, 2.05) is 0 Å². The van der Waals surface area contributed by atoms with Crippen molar-refractivity contribution in [1.29, 1.82) is 0 Å². The molecule has 2 rings (SSSR count). The van der Waals surface area contributed by atoms with Crippen LogP contribution >= 0.6 is 0 Å². The highest BCUT2D eigenvalue weighted by Gasteiger charge is 2.40. The van der Waals surface area contributed by atoms with Crippen molar-refractivity contribution < 1.29 is 9.63 Å². The molecule has 1 amide bonds. The normalized spacial score (nSPS) is 43.4. The summed E-state index contributed by atoms with van der Waals surface area (Å²) in [5.74, 6) is 0.0942. The van der Waals surface area contributed by atoms with Crippen LogP contribution in [0.2, 0.25) is 0 Å². The van der Waals surface area contributed by atoms with E-state index in [0.717, 1.165) is 19.3 Å². The summed E-state index contributed by atoms with van der Waals surface area (Å²) in [6.45, 7) is 0. The number of amides is 1. The van der Waals surface area contributed by atoms with E-state index in [2.05, 4.69) is 5.48 Å². The lowest BCUT2D eigenvalue weighted by atomic mass is 9.84. The van der Waals surface area contributed by atoms with Crippen LogP contribution in [0.1, 0.15) is 19.3 Å². The monoisotopic (exact) mass is 156 g/mol. The van der Waals surface area contributed by atoms with Gasteiger partial charge in [0, 0.05) is 6.04 Å². The summed E-state index contributed by atoms with van der Waals surface area (Å²) < 4.78 is 0. The molecule has 2 aliphatic rings. The summed E-state index contributed by atoms with van der Waals surface area (Å²) in [6, 6.07) is 0.212. The van der Waals surface area contributed by atoms with Gasteiger partial charge in [0.25, 0.3) is 0 Å². The number of carbonyl (C=O) groups excluding carboxylic acids is 1. The van der Waals surface area contributed by atoms with Crippen molar-refractivity contribution in [2.75, 3.05) is 0 Å². The van der Waals surface area contributed by atoms with Crippen molar-refractivity contribution in [3.05, 3.63) is 0 Å². The molecule has 0 spiro atoms. The Morgan fingerprint density at radius 1 is 1.55 bits per heavy atom. The van der Waals surface area contributed by atoms with Crippen molar-refractivity contribution in [2.45, 2.75) is 31.4 Å². The number of nitrogens with one attached hydrogen (secondary N) is 1. The van der Waals surface area contributed by atoms with Crippen LogP contribution < -0.4 is 11.2 Å². The molecule has 1 aliphatic heterocycles. The summed E-state index contributed by atoms with van der Waals surface area (Å²) in [5.41, 5.74) is 8.10. The maximum Gasteiger partial charge on any atom is 0.249 e. The zero-order valence-electron chi connectivity index (χ0n) is 6.25. The van der Waals surface area contributed by atoms with Gasteiger partial charge in [-0.2, -0.15) is 0 Å². The summed E-state index contributed by atoms with van der Waals surface area (Å²) in [7, 11) is 0. The molecular formula is C7H12N2O2. The molecule has 11 heavy (non-hydrogen) atoms. The van der Waals surface area contributed by atoms with E-state index in [-0.39, 0.29) is 24.0 Å². The fraction of sp³-hybridized carbons (Fsp3) is 0.857. The zero-order valence-corrected chi connectivity index (χ0v) is 6.25. The molecule has 0 aromatic rings. The van der Waals surface area contributed by atoms with E-state index in [1.165, 1.54) is 0 Å². The lowest BCUT2D eigenvalue weighted by Crippen LogP contribution is -2.36. The molecule has 0 aromatic heterocycles. The molecule has 1 saturated heterocycles. The lowest BCUT2D eigenvalue weighted by molar-refractivity contribution is -0.126. The second kappa shape index (κ2) is 2.46. The number of rotatable bonds is 0. The molecule has 0 bridgehead atoms. The molecule has 2 fully saturated rings. The lowest BCUT2D eigenvalue weighted by Gasteiger charge is -2.25. The molecule has 3 atom stereocenters. The Kier molecular flexibility index (Phi) is 1.58. The molecule has 0 radical (unpaired) electrons. The van der Waals surface area contributed by atoms with Gasteiger partial charge in [-0.3, -0.25) is 9.63 Å². The van der Waals surface area contributed by atoms with Gasteiger partial charge in [0.05, 0.1) is 12.0 Å². The molecule has 1 aliphatic carbocycles. The van der Waals surface area contributed by atoms with Gasteiger partial charge in [-0.1, -0.05) is 0 Å². The van der Waals surface area contributed by atoms with Gasteiger partial charge in [-0.25, -0.2) is 5.48 Å². The molecular weight excluding hydrogens is 144 g/mol. The molecule has 62 valence electrons. The van der Waals surface area contributed by atoms with E-state index in [9.17, 15) is 4.79 Å². The average Bonchev–Trinajstić information content (AvgIpc) is 2.32. The maximum atomic E-state index is 11.0. The number of carbonyl (C=O) groups is 1. The van der Waals surface area contributed by atoms with Gasteiger partial charge in [-0.15, -0.1) is 0 Å². The molecule has 1 heterocycles. The first-order chi connectivity index (χ1) is 5.27. The molecule has 4 heteroatoms. The number of fused-ring (bicyclic) bond motifs is 1. The van der Waals surface area contributed by atoms with Gasteiger partial charge in [0.15, 0.2) is 0 Å². The Labute approximate surface area is 65.0 Å². The van der Waals surface area contributed by atoms with Crippen LogP contribution in [0.15, 0.2) is 0 Å². The molecule has 3 unspecified atom stereocenters. The maximum absolute atomic E-state index is 11.0. The van der Waals surface area contributed by atoms with Crippen molar-refractivity contribution in [3.63, 3.8) is 0 Å². The average molecular weight is 156 g/mol. The molecule has 4 nitrogen and oxygen atoms in total. The molecule has 0 aromatic carbocycles. The summed E-state index contributed by atoms with van der Waals surface area (Å²) >= 11 is 0. The Morgan fingerprint density at radius 2 is 2.36 bits per heavy atom. The quantitative estimate of drug-likeness (QED) is 0.499. The van der Waals surface area contributed by atoms with Gasteiger partial charge in [0.1, 0.15) is 0 Å². The predicted molar refractivity (Wildman–Crippen MR) is 38.3 cm³/mol. The number of hydroxylamine groups is 1. The van der Waals surface area contributed by atoms with Crippen molar-refractivity contribution in [3.8, 4) is 0 Å². The van der Waals surface area contributed by atoms with Crippen LogP contribution in [-0.4, -0.2) is 18.1 Å². The summed E-state index contributed by atoms with van der Waals surface area (Å²) in [5, 5.41) is 0. The summed E-state index contributed by atoms with van der Waals surface area (Å²) in [6.07, 6.45) is 2.66. The number of nitrogens with two attached hydrogens (primary N) is 1. The first kappa shape index (κ1) is 7.06. The van der Waals surface area contributed by atoms with Crippen LogP contribution in [0.25, 0.3) is 0 Å². The third-order valence-corrected chi connectivity index (χ3v) is 2.48. The van der Waals surface area contributed by atoms with Crippen LogP contribution in [0.3, 0.4) is 0 Å². The highest BCUT2D eigenvalue weighted by molar-refractivity contribution is 5.79. The first-order valence-corrected chi connectivity index (χ1v) is 3.98. The summed E-state index contributed by atoms with van der Waals surface area (Å²) in [4.78, 5) is 16.1. The molecule has 1 saturated carbocycles. The Bertz CT molecular complexity index is 183. The van der Waals surface area contributed by atoms with Crippen LogP contribution in [0.5, 0.6) is 0 Å². The second-order valence-electron chi connectivity index (χ2n) is 3.30. The predicted octanol–water partition coefficient (Wildman–Crippen LogP) is -0.456. The van der Waals surface area contributed by atoms with E-state index in [1.54, 1.807) is 0 Å². The second-order valence-corrected chi connectivity index (χ2v) is 3.30. The van der Waals surface area contributed by atoms with Gasteiger partial charge in [-0.05, 0) is 19.3 Å². The zero-order chi connectivity index (χ0) is 7.84. The minimum Gasteiger partial charge on any atom is -0.328 e. The Balaban J connectivity index is 2.06. The van der Waals surface area contributed by atoms with Crippen LogP contribution in [0.4, 0.5) is 0 Å². The number of hydrogen-bond acceptors (Lipinski definition) is 3. The van der Waals surface area contributed by atoms with Gasteiger partial charge in [0.2, 0.25) is 5.91 Å². The topological polar surface area (TPSA) is 64.4 Å². The molecule has 3 N–H and O–H groups in total. The standard InChI is InChI=1S/C7H12N2O2/c8-4-1-2-5-6(3-4)11-9-7(5)10/h4-6H,1-3,8H2,(H,9,10). The van der Waals surface area contributed by atoms with Crippen molar-refractivity contribution in [1.82, 2.24) is 5.48 Å².